The van der Waals surface area contributed by atoms with Crippen LogP contribution in [-0.2, 0) is 14.8 Å². The second kappa shape index (κ2) is 6.81. The van der Waals surface area contributed by atoms with E-state index in [1.165, 1.54) is 12.1 Å². The maximum Gasteiger partial charge on any atom is 0.307 e. The van der Waals surface area contributed by atoms with E-state index in [1.54, 1.807) is 6.92 Å². The molecule has 0 saturated carbocycles. The largest absolute Gasteiger partial charge is 0.481 e. The van der Waals surface area contributed by atoms with Gasteiger partial charge in [0.05, 0.1) is 10.8 Å². The van der Waals surface area contributed by atoms with Crippen LogP contribution in [0, 0.1) is 18.7 Å². The number of nitrogens with one attached hydrogen (secondary N) is 1. The van der Waals surface area contributed by atoms with Crippen molar-refractivity contribution >= 4 is 16.0 Å². The molecule has 1 aromatic rings. The zero-order valence-electron chi connectivity index (χ0n) is 11.4. The minimum atomic E-state index is -3.91. The van der Waals surface area contributed by atoms with Gasteiger partial charge in [-0.2, -0.15) is 0 Å². The van der Waals surface area contributed by atoms with Gasteiger partial charge >= 0.3 is 5.97 Å². The second-order valence-corrected chi connectivity index (χ2v) is 6.32. The molecule has 0 heterocycles. The van der Waals surface area contributed by atoms with Crippen LogP contribution in [0.3, 0.4) is 0 Å². The first kappa shape index (κ1) is 16.6. The van der Waals surface area contributed by atoms with Crippen LogP contribution in [0.4, 0.5) is 4.39 Å². The topological polar surface area (TPSA) is 83.5 Å². The number of carboxylic acids is 1. The van der Waals surface area contributed by atoms with Gasteiger partial charge in [-0.15, -0.1) is 0 Å². The summed E-state index contributed by atoms with van der Waals surface area (Å²) >= 11 is 0. The molecule has 0 amide bonds. The Labute approximate surface area is 117 Å². The molecule has 7 heteroatoms. The van der Waals surface area contributed by atoms with Crippen LogP contribution in [0.5, 0.6) is 0 Å². The van der Waals surface area contributed by atoms with Crippen LogP contribution in [0.2, 0.25) is 0 Å². The van der Waals surface area contributed by atoms with Gasteiger partial charge in [-0.1, -0.05) is 19.4 Å². The number of carbonyl (C=O) groups is 1. The summed E-state index contributed by atoms with van der Waals surface area (Å²) in [5, 5.41) is 8.98. The number of aliphatic carboxylic acids is 1. The summed E-state index contributed by atoms with van der Waals surface area (Å²) in [7, 11) is -3.91. The minimum absolute atomic E-state index is 0.168. The van der Waals surface area contributed by atoms with Crippen molar-refractivity contribution in [1.82, 2.24) is 4.72 Å². The number of halogens is 1. The molecule has 1 aromatic carbocycles. The summed E-state index contributed by atoms with van der Waals surface area (Å²) in [5.74, 6) is -2.49. The molecule has 112 valence electrons. The molecule has 0 saturated heterocycles. The zero-order chi connectivity index (χ0) is 15.3. The summed E-state index contributed by atoms with van der Waals surface area (Å²) < 4.78 is 39.5. The highest BCUT2D eigenvalue weighted by molar-refractivity contribution is 7.89. The molecule has 5 nitrogen and oxygen atoms in total. The second-order valence-electron chi connectivity index (χ2n) is 4.59. The van der Waals surface area contributed by atoms with Crippen molar-refractivity contribution in [3.63, 3.8) is 0 Å². The Morgan fingerprint density at radius 3 is 2.65 bits per heavy atom. The van der Waals surface area contributed by atoms with Crippen LogP contribution in [0.15, 0.2) is 23.1 Å². The van der Waals surface area contributed by atoms with E-state index < -0.39 is 27.7 Å². The molecule has 0 aromatic heterocycles. The minimum Gasteiger partial charge on any atom is -0.481 e. The molecular formula is C13H18FNO4S. The molecule has 1 unspecified atom stereocenters. The number of aryl methyl sites for hydroxylation is 1. The normalized spacial score (nSPS) is 13.2. The van der Waals surface area contributed by atoms with E-state index in [1.807, 2.05) is 6.92 Å². The predicted molar refractivity (Wildman–Crippen MR) is 72.4 cm³/mol. The third-order valence-corrected chi connectivity index (χ3v) is 4.51. The number of benzene rings is 1. The fourth-order valence-corrected chi connectivity index (χ4v) is 3.15. The molecule has 2 N–H and O–H groups in total. The van der Waals surface area contributed by atoms with Gasteiger partial charge in [0.1, 0.15) is 5.82 Å². The van der Waals surface area contributed by atoms with Crippen LogP contribution >= 0.6 is 0 Å². The Morgan fingerprint density at radius 2 is 2.10 bits per heavy atom. The Kier molecular flexibility index (Phi) is 5.64. The number of hydrogen-bond donors (Lipinski definition) is 2. The fraction of sp³-hybridized carbons (Fsp3) is 0.462. The van der Waals surface area contributed by atoms with Crippen molar-refractivity contribution in [1.29, 1.82) is 0 Å². The first-order valence-electron chi connectivity index (χ1n) is 6.26. The average Bonchev–Trinajstić information content (AvgIpc) is 2.37. The van der Waals surface area contributed by atoms with E-state index in [9.17, 15) is 17.6 Å². The lowest BCUT2D eigenvalue weighted by molar-refractivity contribution is -0.141. The first-order valence-corrected chi connectivity index (χ1v) is 7.75. The molecular weight excluding hydrogens is 285 g/mol. The van der Waals surface area contributed by atoms with Gasteiger partial charge < -0.3 is 5.11 Å². The van der Waals surface area contributed by atoms with Crippen LogP contribution in [0.1, 0.15) is 25.3 Å². The van der Waals surface area contributed by atoms with Crippen molar-refractivity contribution in [2.24, 2.45) is 5.92 Å². The summed E-state index contributed by atoms with van der Waals surface area (Å²) in [4.78, 5) is 10.8. The van der Waals surface area contributed by atoms with Crippen LogP contribution < -0.4 is 4.72 Å². The van der Waals surface area contributed by atoms with Gasteiger partial charge in [0.15, 0.2) is 0 Å². The molecule has 0 aliphatic rings. The van der Waals surface area contributed by atoms with E-state index in [4.69, 9.17) is 5.11 Å². The van der Waals surface area contributed by atoms with Crippen molar-refractivity contribution < 1.29 is 22.7 Å². The number of hydrogen-bond acceptors (Lipinski definition) is 3. The lowest BCUT2D eigenvalue weighted by atomic mass is 10.1. The number of carboxylic acid groups (broad SMARTS) is 1. The van der Waals surface area contributed by atoms with E-state index in [0.29, 0.717) is 18.4 Å². The highest BCUT2D eigenvalue weighted by Crippen LogP contribution is 2.17. The SMILES string of the molecule is CCCC(CNS(=O)(=O)c1cc(F)ccc1C)C(=O)O. The summed E-state index contributed by atoms with van der Waals surface area (Å²) in [6, 6.07) is 3.46. The van der Waals surface area contributed by atoms with Gasteiger partial charge in [0.2, 0.25) is 10.0 Å². The van der Waals surface area contributed by atoms with Crippen molar-refractivity contribution in [3.05, 3.63) is 29.6 Å². The van der Waals surface area contributed by atoms with Gasteiger partial charge in [-0.05, 0) is 31.0 Å². The molecule has 0 bridgehead atoms. The quantitative estimate of drug-likeness (QED) is 0.806. The monoisotopic (exact) mass is 303 g/mol. The molecule has 20 heavy (non-hydrogen) atoms. The van der Waals surface area contributed by atoms with E-state index in [-0.39, 0.29) is 11.4 Å². The summed E-state index contributed by atoms with van der Waals surface area (Å²) in [6.07, 6.45) is 1.01. The smallest absolute Gasteiger partial charge is 0.307 e. The van der Waals surface area contributed by atoms with Crippen LogP contribution in [0.25, 0.3) is 0 Å². The van der Waals surface area contributed by atoms with Crippen molar-refractivity contribution in [3.8, 4) is 0 Å². The van der Waals surface area contributed by atoms with E-state index in [0.717, 1.165) is 6.07 Å². The fourth-order valence-electron chi connectivity index (χ4n) is 1.81. The standard InChI is InChI=1S/C13H18FNO4S/c1-3-4-10(13(16)17)8-15-20(18,19)12-7-11(14)6-5-9(12)2/h5-7,10,15H,3-4,8H2,1-2H3,(H,16,17). The van der Waals surface area contributed by atoms with Gasteiger partial charge in [-0.3, -0.25) is 4.79 Å². The zero-order valence-corrected chi connectivity index (χ0v) is 12.2. The maximum atomic E-state index is 13.1. The highest BCUT2D eigenvalue weighted by atomic mass is 32.2. The molecule has 0 radical (unpaired) electrons. The lowest BCUT2D eigenvalue weighted by Gasteiger charge is -2.14. The Morgan fingerprint density at radius 1 is 1.45 bits per heavy atom. The van der Waals surface area contributed by atoms with Crippen molar-refractivity contribution in [2.45, 2.75) is 31.6 Å². The summed E-state index contributed by atoms with van der Waals surface area (Å²) in [6.45, 7) is 3.16. The lowest BCUT2D eigenvalue weighted by Crippen LogP contribution is -2.33. The molecule has 1 rings (SSSR count). The van der Waals surface area contributed by atoms with Crippen LogP contribution in [-0.4, -0.2) is 26.0 Å². The Bertz CT molecular complexity index is 586. The molecule has 0 fully saturated rings. The Balaban J connectivity index is 2.89. The Hall–Kier alpha value is -1.47. The molecule has 0 spiro atoms. The van der Waals surface area contributed by atoms with Crippen molar-refractivity contribution in [2.75, 3.05) is 6.54 Å². The number of sulfonamides is 1. The number of rotatable bonds is 7. The summed E-state index contributed by atoms with van der Waals surface area (Å²) in [5.41, 5.74) is 0.404. The molecule has 0 aliphatic heterocycles. The highest BCUT2D eigenvalue weighted by Gasteiger charge is 2.22. The van der Waals surface area contributed by atoms with Gasteiger partial charge in [0, 0.05) is 6.54 Å². The maximum absolute atomic E-state index is 13.1. The third kappa shape index (κ3) is 4.28. The molecule has 0 aliphatic carbocycles. The third-order valence-electron chi connectivity index (χ3n) is 2.95. The molecule has 1 atom stereocenters. The van der Waals surface area contributed by atoms with Gasteiger partial charge in [0.25, 0.3) is 0 Å². The van der Waals surface area contributed by atoms with Gasteiger partial charge in [-0.25, -0.2) is 17.5 Å². The van der Waals surface area contributed by atoms with E-state index >= 15 is 0 Å². The average molecular weight is 303 g/mol. The first-order chi connectivity index (χ1) is 9.27. The van der Waals surface area contributed by atoms with E-state index in [2.05, 4.69) is 4.72 Å². The predicted octanol–water partition coefficient (Wildman–Crippen LogP) is 1.91.